The predicted molar refractivity (Wildman–Crippen MR) is 113 cm³/mol. The normalized spacial score (nSPS) is 15.7. The highest BCUT2D eigenvalue weighted by Crippen LogP contribution is 2.12. The molecule has 0 radical (unpaired) electrons. The molecule has 1 unspecified atom stereocenters. The van der Waals surface area contributed by atoms with E-state index in [1.165, 1.54) is 0 Å². The van der Waals surface area contributed by atoms with Crippen LogP contribution in [0.3, 0.4) is 0 Å². The van der Waals surface area contributed by atoms with Crippen molar-refractivity contribution < 1.29 is 14.7 Å². The number of aliphatic hydroxyl groups excluding tert-OH is 1. The van der Waals surface area contributed by atoms with Gasteiger partial charge in [-0.15, -0.1) is 0 Å². The summed E-state index contributed by atoms with van der Waals surface area (Å²) in [4.78, 5) is 29.9. The van der Waals surface area contributed by atoms with E-state index in [9.17, 15) is 9.59 Å². The van der Waals surface area contributed by atoms with Crippen molar-refractivity contribution in [1.82, 2.24) is 15.1 Å². The van der Waals surface area contributed by atoms with Crippen LogP contribution in [0.15, 0.2) is 54.6 Å². The molecule has 2 aromatic rings. The van der Waals surface area contributed by atoms with Gasteiger partial charge in [-0.2, -0.15) is 0 Å². The van der Waals surface area contributed by atoms with Crippen LogP contribution in [0.4, 0.5) is 0 Å². The van der Waals surface area contributed by atoms with Gasteiger partial charge in [0.1, 0.15) is 6.04 Å². The van der Waals surface area contributed by atoms with Crippen molar-refractivity contribution in [2.45, 2.75) is 12.5 Å². The molecule has 29 heavy (non-hydrogen) atoms. The Morgan fingerprint density at radius 3 is 2.28 bits per heavy atom. The monoisotopic (exact) mass is 415 g/mol. The van der Waals surface area contributed by atoms with Gasteiger partial charge >= 0.3 is 0 Å². The molecule has 0 spiro atoms. The number of aliphatic hydroxyl groups is 1. The van der Waals surface area contributed by atoms with E-state index in [0.717, 1.165) is 18.7 Å². The maximum Gasteiger partial charge on any atom is 0.251 e. The fourth-order valence-electron chi connectivity index (χ4n) is 3.45. The van der Waals surface area contributed by atoms with Crippen molar-refractivity contribution in [2.75, 3.05) is 39.3 Å². The third-order valence-corrected chi connectivity index (χ3v) is 5.34. The number of nitrogens with one attached hydrogen (secondary N) is 1. The van der Waals surface area contributed by atoms with Crippen molar-refractivity contribution in [1.29, 1.82) is 0 Å². The molecular weight excluding hydrogens is 390 g/mol. The summed E-state index contributed by atoms with van der Waals surface area (Å²) in [5.74, 6) is -0.380. The summed E-state index contributed by atoms with van der Waals surface area (Å²) in [6.07, 6.45) is 0.426. The van der Waals surface area contributed by atoms with E-state index < -0.39 is 6.04 Å². The Kier molecular flexibility index (Phi) is 7.63. The number of piperazine rings is 1. The lowest BCUT2D eigenvalue weighted by molar-refractivity contribution is -0.135. The summed E-state index contributed by atoms with van der Waals surface area (Å²) in [6, 6.07) is 15.6. The zero-order chi connectivity index (χ0) is 20.6. The molecule has 0 aromatic heterocycles. The molecule has 1 heterocycles. The second-order valence-electron chi connectivity index (χ2n) is 7.11. The fourth-order valence-corrected chi connectivity index (χ4v) is 3.57. The second kappa shape index (κ2) is 10.4. The molecule has 1 aliphatic heterocycles. The van der Waals surface area contributed by atoms with Gasteiger partial charge in [0.05, 0.1) is 6.61 Å². The number of hydrogen-bond acceptors (Lipinski definition) is 4. The number of benzene rings is 2. The van der Waals surface area contributed by atoms with Crippen molar-refractivity contribution in [3.8, 4) is 0 Å². The number of carbonyl (C=O) groups excluding carboxylic acids is 2. The third-order valence-electron chi connectivity index (χ3n) is 5.09. The Bertz CT molecular complexity index is 806. The Balaban J connectivity index is 1.71. The average molecular weight is 416 g/mol. The third kappa shape index (κ3) is 6.03. The highest BCUT2D eigenvalue weighted by molar-refractivity contribution is 6.30. The first-order valence-electron chi connectivity index (χ1n) is 9.79. The van der Waals surface area contributed by atoms with Gasteiger partial charge in [0.15, 0.2) is 0 Å². The average Bonchev–Trinajstić information content (AvgIpc) is 2.75. The standard InChI is InChI=1S/C22H26ClN3O3/c23-19-8-6-18(7-9-19)21(28)24-20(16-17-4-2-1-3-5-17)22(29)26-12-10-25(11-13-26)14-15-27/h1-9,20,27H,10-16H2,(H,24,28). The molecule has 1 aliphatic rings. The summed E-state index contributed by atoms with van der Waals surface area (Å²) >= 11 is 5.90. The van der Waals surface area contributed by atoms with Crippen molar-refractivity contribution in [3.63, 3.8) is 0 Å². The topological polar surface area (TPSA) is 72.9 Å². The van der Waals surface area contributed by atoms with Crippen LogP contribution >= 0.6 is 11.6 Å². The molecule has 2 N–H and O–H groups in total. The molecule has 2 aromatic carbocycles. The smallest absolute Gasteiger partial charge is 0.251 e. The van der Waals surface area contributed by atoms with Crippen LogP contribution in [0.5, 0.6) is 0 Å². The lowest BCUT2D eigenvalue weighted by Gasteiger charge is -2.36. The number of hydrogen-bond donors (Lipinski definition) is 2. The van der Waals surface area contributed by atoms with Gasteiger partial charge in [-0.3, -0.25) is 14.5 Å². The van der Waals surface area contributed by atoms with Gasteiger partial charge in [-0.1, -0.05) is 41.9 Å². The maximum absolute atomic E-state index is 13.2. The molecule has 1 fully saturated rings. The minimum atomic E-state index is -0.648. The van der Waals surface area contributed by atoms with Crippen LogP contribution in [0.1, 0.15) is 15.9 Å². The summed E-state index contributed by atoms with van der Waals surface area (Å²) in [5.41, 5.74) is 1.45. The molecule has 6 nitrogen and oxygen atoms in total. The van der Waals surface area contributed by atoms with E-state index in [-0.39, 0.29) is 18.4 Å². The Hall–Kier alpha value is -2.41. The lowest BCUT2D eigenvalue weighted by Crippen LogP contribution is -2.55. The number of amides is 2. The number of carbonyl (C=O) groups is 2. The van der Waals surface area contributed by atoms with E-state index >= 15 is 0 Å². The van der Waals surface area contributed by atoms with Gasteiger partial charge in [0.25, 0.3) is 5.91 Å². The van der Waals surface area contributed by atoms with Crippen molar-refractivity contribution in [3.05, 3.63) is 70.7 Å². The number of rotatable bonds is 7. The van der Waals surface area contributed by atoms with Crippen LogP contribution in [-0.2, 0) is 11.2 Å². The van der Waals surface area contributed by atoms with E-state index in [2.05, 4.69) is 10.2 Å². The minimum absolute atomic E-state index is 0.0835. The van der Waals surface area contributed by atoms with E-state index in [1.807, 2.05) is 30.3 Å². The summed E-state index contributed by atoms with van der Waals surface area (Å²) in [5, 5.41) is 12.6. The summed E-state index contributed by atoms with van der Waals surface area (Å²) < 4.78 is 0. The molecule has 0 aliphatic carbocycles. The number of β-amino-alcohol motifs (C(OH)–C–C–N with tert-alkyl or cyclic N) is 1. The minimum Gasteiger partial charge on any atom is -0.395 e. The van der Waals surface area contributed by atoms with Gasteiger partial charge in [0.2, 0.25) is 5.91 Å². The predicted octanol–water partition coefficient (Wildman–Crippen LogP) is 1.82. The van der Waals surface area contributed by atoms with Crippen molar-refractivity contribution in [2.24, 2.45) is 0 Å². The van der Waals surface area contributed by atoms with Gasteiger partial charge < -0.3 is 15.3 Å². The molecule has 154 valence electrons. The second-order valence-corrected chi connectivity index (χ2v) is 7.55. The highest BCUT2D eigenvalue weighted by atomic mass is 35.5. The lowest BCUT2D eigenvalue weighted by atomic mass is 10.0. The largest absolute Gasteiger partial charge is 0.395 e. The molecule has 7 heteroatoms. The highest BCUT2D eigenvalue weighted by Gasteiger charge is 2.29. The Morgan fingerprint density at radius 2 is 1.66 bits per heavy atom. The van der Waals surface area contributed by atoms with Gasteiger partial charge in [0, 0.05) is 49.7 Å². The fraction of sp³-hybridized carbons (Fsp3) is 0.364. The van der Waals surface area contributed by atoms with Crippen LogP contribution < -0.4 is 5.32 Å². The van der Waals surface area contributed by atoms with E-state index in [4.69, 9.17) is 16.7 Å². The van der Waals surface area contributed by atoms with E-state index in [0.29, 0.717) is 36.6 Å². The number of nitrogens with zero attached hydrogens (tertiary/aromatic N) is 2. The Morgan fingerprint density at radius 1 is 1.00 bits per heavy atom. The van der Waals surface area contributed by atoms with Crippen molar-refractivity contribution >= 4 is 23.4 Å². The Labute approximate surface area is 176 Å². The summed E-state index contributed by atoms with van der Waals surface area (Å²) in [7, 11) is 0. The molecule has 0 bridgehead atoms. The quantitative estimate of drug-likeness (QED) is 0.723. The summed E-state index contributed by atoms with van der Waals surface area (Å²) in [6.45, 7) is 3.33. The molecule has 3 rings (SSSR count). The van der Waals surface area contributed by atoms with Gasteiger partial charge in [-0.05, 0) is 29.8 Å². The molecule has 1 atom stereocenters. The maximum atomic E-state index is 13.2. The first kappa shape index (κ1) is 21.3. The molecular formula is C22H26ClN3O3. The first-order chi connectivity index (χ1) is 14.1. The molecule has 0 saturated carbocycles. The van der Waals surface area contributed by atoms with Crippen LogP contribution in [0, 0.1) is 0 Å². The van der Waals surface area contributed by atoms with E-state index in [1.54, 1.807) is 29.2 Å². The SMILES string of the molecule is O=C(NC(Cc1ccccc1)C(=O)N1CCN(CCO)CC1)c1ccc(Cl)cc1. The van der Waals surface area contributed by atoms with Gasteiger partial charge in [-0.25, -0.2) is 0 Å². The first-order valence-corrected chi connectivity index (χ1v) is 10.2. The van der Waals surface area contributed by atoms with Crippen LogP contribution in [0.25, 0.3) is 0 Å². The van der Waals surface area contributed by atoms with Crippen LogP contribution in [-0.4, -0.2) is 72.1 Å². The van der Waals surface area contributed by atoms with Crippen LogP contribution in [0.2, 0.25) is 5.02 Å². The molecule has 2 amide bonds. The molecule has 1 saturated heterocycles. The number of halogens is 1. The zero-order valence-electron chi connectivity index (χ0n) is 16.3. The zero-order valence-corrected chi connectivity index (χ0v) is 17.0.